The largest absolute Gasteiger partial charge is 0.438 e. The number of pyridine rings is 1. The van der Waals surface area contributed by atoms with Gasteiger partial charge in [-0.2, -0.15) is 0 Å². The summed E-state index contributed by atoms with van der Waals surface area (Å²) >= 11 is 3.30. The van der Waals surface area contributed by atoms with Crippen molar-refractivity contribution in [1.82, 2.24) is 10.3 Å². The van der Waals surface area contributed by atoms with Crippen LogP contribution in [0.1, 0.15) is 24.2 Å². The second-order valence-electron chi connectivity index (χ2n) is 5.17. The molecule has 3 rings (SSSR count). The summed E-state index contributed by atoms with van der Waals surface area (Å²) in [4.78, 5) is 15.8. The zero-order valence-corrected chi connectivity index (χ0v) is 13.0. The second kappa shape index (κ2) is 5.31. The van der Waals surface area contributed by atoms with Gasteiger partial charge in [-0.25, -0.2) is 13.6 Å². The van der Waals surface area contributed by atoms with Crippen molar-refractivity contribution in [2.45, 2.75) is 18.6 Å². The molecule has 2 aromatic rings. The van der Waals surface area contributed by atoms with E-state index in [1.54, 1.807) is 25.4 Å². The van der Waals surface area contributed by atoms with Crippen molar-refractivity contribution in [3.63, 3.8) is 0 Å². The molecule has 114 valence electrons. The van der Waals surface area contributed by atoms with E-state index in [2.05, 4.69) is 26.2 Å². The molecule has 0 saturated carbocycles. The number of carbonyl (C=O) groups is 1. The predicted octanol–water partition coefficient (Wildman–Crippen LogP) is 3.82. The maximum atomic E-state index is 14.1. The minimum atomic E-state index is -1.07. The Morgan fingerprint density at radius 2 is 2.09 bits per heavy atom. The number of hydrogen-bond acceptors (Lipinski definition) is 3. The summed E-state index contributed by atoms with van der Waals surface area (Å²) in [5, 5.41) is 2.66. The molecule has 1 aliphatic rings. The van der Waals surface area contributed by atoms with Gasteiger partial charge in [-0.3, -0.25) is 4.98 Å². The lowest BCUT2D eigenvalue weighted by molar-refractivity contribution is 0.109. The van der Waals surface area contributed by atoms with Crippen LogP contribution in [0, 0.1) is 11.6 Å². The second-order valence-corrected chi connectivity index (χ2v) is 6.09. The Hall–Kier alpha value is -2.02. The van der Waals surface area contributed by atoms with Gasteiger partial charge < -0.3 is 10.1 Å². The van der Waals surface area contributed by atoms with Crippen molar-refractivity contribution in [2.75, 3.05) is 0 Å². The van der Waals surface area contributed by atoms with Crippen LogP contribution in [0.5, 0.6) is 0 Å². The molecule has 1 fully saturated rings. The van der Waals surface area contributed by atoms with Gasteiger partial charge in [0.1, 0.15) is 17.2 Å². The van der Waals surface area contributed by atoms with Gasteiger partial charge in [-0.15, -0.1) is 0 Å². The zero-order chi connectivity index (χ0) is 15.9. The lowest BCUT2D eigenvalue weighted by atomic mass is 9.84. The highest BCUT2D eigenvalue weighted by Crippen LogP contribution is 2.43. The Balaban J connectivity index is 2.13. The number of rotatable bonds is 2. The van der Waals surface area contributed by atoms with E-state index in [1.165, 1.54) is 0 Å². The summed E-state index contributed by atoms with van der Waals surface area (Å²) in [6.45, 7) is 1.68. The third-order valence-electron chi connectivity index (χ3n) is 3.66. The van der Waals surface area contributed by atoms with Gasteiger partial charge in [0.05, 0.1) is 0 Å². The molecule has 0 bridgehead atoms. The molecule has 1 saturated heterocycles. The monoisotopic (exact) mass is 368 g/mol. The molecule has 0 unspecified atom stereocenters. The first-order chi connectivity index (χ1) is 10.4. The number of benzene rings is 1. The summed E-state index contributed by atoms with van der Waals surface area (Å²) in [6, 6.07) is 4.80. The number of aromatic nitrogens is 1. The van der Waals surface area contributed by atoms with Gasteiger partial charge in [0.2, 0.25) is 0 Å². The Morgan fingerprint density at radius 3 is 2.82 bits per heavy atom. The van der Waals surface area contributed by atoms with Crippen LogP contribution < -0.4 is 5.32 Å². The maximum absolute atomic E-state index is 14.1. The molecule has 1 N–H and O–H groups in total. The minimum Gasteiger partial charge on any atom is -0.438 e. The SMILES string of the molecule is C[C@@]1(c2cncc(Br)c2)NC(=O)O[C@@H]1c1cc(F)ccc1F. The number of nitrogens with one attached hydrogen (secondary N) is 1. The predicted molar refractivity (Wildman–Crippen MR) is 78.0 cm³/mol. The molecular formula is C15H11BrF2N2O2. The lowest BCUT2D eigenvalue weighted by Crippen LogP contribution is -2.39. The van der Waals surface area contributed by atoms with E-state index in [-0.39, 0.29) is 5.56 Å². The van der Waals surface area contributed by atoms with Gasteiger partial charge in [-0.1, -0.05) is 0 Å². The molecule has 1 amide bonds. The van der Waals surface area contributed by atoms with Crippen LogP contribution in [0.25, 0.3) is 0 Å². The lowest BCUT2D eigenvalue weighted by Gasteiger charge is -2.29. The summed E-state index contributed by atoms with van der Waals surface area (Å²) in [7, 11) is 0. The number of alkyl carbamates (subject to hydrolysis) is 1. The van der Waals surface area contributed by atoms with Crippen LogP contribution in [-0.4, -0.2) is 11.1 Å². The average molecular weight is 369 g/mol. The molecule has 0 aliphatic carbocycles. The molecule has 2 heterocycles. The molecule has 1 aromatic carbocycles. The summed E-state index contributed by atoms with van der Waals surface area (Å²) in [5.41, 5.74) is -0.482. The van der Waals surface area contributed by atoms with Crippen molar-refractivity contribution < 1.29 is 18.3 Å². The highest BCUT2D eigenvalue weighted by Gasteiger charge is 2.48. The van der Waals surface area contributed by atoms with E-state index < -0.39 is 29.4 Å². The first-order valence-corrected chi connectivity index (χ1v) is 7.24. The Labute approximate surface area is 133 Å². The molecule has 0 spiro atoms. The van der Waals surface area contributed by atoms with Crippen molar-refractivity contribution in [3.8, 4) is 0 Å². The van der Waals surface area contributed by atoms with E-state index in [0.29, 0.717) is 10.0 Å². The van der Waals surface area contributed by atoms with E-state index in [4.69, 9.17) is 4.74 Å². The number of ether oxygens (including phenoxy) is 1. The Kier molecular flexibility index (Phi) is 3.60. The standard InChI is InChI=1S/C15H11BrF2N2O2/c1-15(8-4-9(16)7-19-6-8)13(22-14(21)20-15)11-5-10(17)2-3-12(11)18/h2-7,13H,1H3,(H,20,21)/t13-,15+/m1/s1. The fourth-order valence-electron chi connectivity index (χ4n) is 2.54. The van der Waals surface area contributed by atoms with Gasteiger partial charge >= 0.3 is 6.09 Å². The first-order valence-electron chi connectivity index (χ1n) is 6.45. The smallest absolute Gasteiger partial charge is 0.408 e. The van der Waals surface area contributed by atoms with Crippen LogP contribution >= 0.6 is 15.9 Å². The number of carbonyl (C=O) groups excluding carboxylic acids is 1. The number of cyclic esters (lactones) is 1. The molecule has 0 radical (unpaired) electrons. The average Bonchev–Trinajstić information content (AvgIpc) is 2.78. The van der Waals surface area contributed by atoms with E-state index >= 15 is 0 Å². The highest BCUT2D eigenvalue weighted by molar-refractivity contribution is 9.10. The van der Waals surface area contributed by atoms with Crippen molar-refractivity contribution >= 4 is 22.0 Å². The molecular weight excluding hydrogens is 358 g/mol. The van der Waals surface area contributed by atoms with E-state index in [9.17, 15) is 13.6 Å². The van der Waals surface area contributed by atoms with Crippen LogP contribution in [0.15, 0.2) is 41.1 Å². The quantitative estimate of drug-likeness (QED) is 0.876. The summed E-state index contributed by atoms with van der Waals surface area (Å²) in [6.07, 6.45) is 1.43. The third kappa shape index (κ3) is 2.45. The van der Waals surface area contributed by atoms with E-state index in [1.807, 2.05) is 0 Å². The molecule has 1 aliphatic heterocycles. The number of halogens is 3. The molecule has 22 heavy (non-hydrogen) atoms. The van der Waals surface area contributed by atoms with Crippen molar-refractivity contribution in [2.24, 2.45) is 0 Å². The number of amides is 1. The molecule has 1 aromatic heterocycles. The fraction of sp³-hybridized carbons (Fsp3) is 0.200. The number of nitrogens with zero attached hydrogens (tertiary/aromatic N) is 1. The molecule has 7 heteroatoms. The van der Waals surface area contributed by atoms with Gasteiger partial charge in [-0.05, 0) is 47.1 Å². The van der Waals surface area contributed by atoms with Crippen molar-refractivity contribution in [1.29, 1.82) is 0 Å². The highest BCUT2D eigenvalue weighted by atomic mass is 79.9. The van der Waals surface area contributed by atoms with E-state index in [0.717, 1.165) is 18.2 Å². The molecule has 4 nitrogen and oxygen atoms in total. The van der Waals surface area contributed by atoms with Gasteiger partial charge in [0, 0.05) is 28.0 Å². The fourth-order valence-corrected chi connectivity index (χ4v) is 2.91. The normalized spacial score (nSPS) is 24.0. The van der Waals surface area contributed by atoms with Crippen LogP contribution in [0.2, 0.25) is 0 Å². The Morgan fingerprint density at radius 1 is 1.32 bits per heavy atom. The van der Waals surface area contributed by atoms with Crippen molar-refractivity contribution in [3.05, 3.63) is 63.9 Å². The summed E-state index contributed by atoms with van der Waals surface area (Å²) in [5.74, 6) is -1.24. The number of hydrogen-bond donors (Lipinski definition) is 1. The maximum Gasteiger partial charge on any atom is 0.408 e. The van der Waals surface area contributed by atoms with Crippen LogP contribution in [0.4, 0.5) is 13.6 Å². The molecule has 2 atom stereocenters. The summed E-state index contributed by atoms with van der Waals surface area (Å²) < 4.78 is 33.4. The Bertz CT molecular complexity index is 756. The zero-order valence-electron chi connectivity index (χ0n) is 11.4. The first kappa shape index (κ1) is 14.9. The minimum absolute atomic E-state index is 0.0270. The van der Waals surface area contributed by atoms with Crippen LogP contribution in [0.3, 0.4) is 0 Å². The van der Waals surface area contributed by atoms with Crippen LogP contribution in [-0.2, 0) is 10.3 Å². The van der Waals surface area contributed by atoms with Gasteiger partial charge in [0.15, 0.2) is 6.10 Å². The third-order valence-corrected chi connectivity index (χ3v) is 4.09. The topological polar surface area (TPSA) is 51.2 Å². The van der Waals surface area contributed by atoms with Gasteiger partial charge in [0.25, 0.3) is 0 Å².